The van der Waals surface area contributed by atoms with Crippen molar-refractivity contribution in [1.29, 1.82) is 0 Å². The van der Waals surface area contributed by atoms with Crippen molar-refractivity contribution >= 4 is 17.9 Å². The summed E-state index contributed by atoms with van der Waals surface area (Å²) in [6, 6.07) is -0.0796. The zero-order valence-corrected chi connectivity index (χ0v) is 16.7. The molecule has 0 unspecified atom stereocenters. The SMILES string of the molecule is CC(C)(C)OC(=O)NC1CCC(C(=O)NNC(=O)C2CC(OC(F)(F)F)C2)CC1. The molecular weight excluding hydrogens is 395 g/mol. The maximum atomic E-state index is 12.2. The molecule has 0 aromatic rings. The van der Waals surface area contributed by atoms with Gasteiger partial charge in [0.15, 0.2) is 0 Å². The standard InChI is InChI=1S/C18H28F3N3O5/c1-17(2,3)29-16(27)22-12-6-4-10(5-7-12)14(25)23-24-15(26)11-8-13(9-11)28-18(19,20)21/h10-13H,4-9H2,1-3H3,(H,22,27)(H,23,25)(H,24,26). The van der Waals surface area contributed by atoms with Gasteiger partial charge in [0.05, 0.1) is 6.10 Å². The number of hydrogen-bond donors (Lipinski definition) is 3. The summed E-state index contributed by atoms with van der Waals surface area (Å²) in [5, 5.41) is 2.78. The van der Waals surface area contributed by atoms with Crippen LogP contribution in [0.25, 0.3) is 0 Å². The number of ether oxygens (including phenoxy) is 2. The van der Waals surface area contributed by atoms with Crippen LogP contribution in [0, 0.1) is 11.8 Å². The highest BCUT2D eigenvalue weighted by atomic mass is 19.4. The van der Waals surface area contributed by atoms with Crippen LogP contribution < -0.4 is 16.2 Å². The Kier molecular flexibility index (Phi) is 7.36. The molecule has 0 saturated heterocycles. The fourth-order valence-electron chi connectivity index (χ4n) is 3.37. The van der Waals surface area contributed by atoms with Gasteiger partial charge < -0.3 is 10.1 Å². The minimum atomic E-state index is -4.71. The Bertz CT molecular complexity index is 607. The molecule has 0 heterocycles. The van der Waals surface area contributed by atoms with Gasteiger partial charge in [0.25, 0.3) is 0 Å². The van der Waals surface area contributed by atoms with Crippen LogP contribution >= 0.6 is 0 Å². The lowest BCUT2D eigenvalue weighted by molar-refractivity contribution is -0.353. The molecule has 11 heteroatoms. The number of hydrazine groups is 1. The Morgan fingerprint density at radius 3 is 1.86 bits per heavy atom. The Hall–Kier alpha value is -2.04. The summed E-state index contributed by atoms with van der Waals surface area (Å²) in [4.78, 5) is 35.9. The lowest BCUT2D eigenvalue weighted by Crippen LogP contribution is -2.51. The van der Waals surface area contributed by atoms with Gasteiger partial charge in [-0.15, -0.1) is 13.2 Å². The summed E-state index contributed by atoms with van der Waals surface area (Å²) >= 11 is 0. The summed E-state index contributed by atoms with van der Waals surface area (Å²) < 4.78 is 45.3. The van der Waals surface area contributed by atoms with Gasteiger partial charge in [-0.1, -0.05) is 0 Å². The van der Waals surface area contributed by atoms with Gasteiger partial charge in [0.1, 0.15) is 5.60 Å². The molecule has 2 aliphatic carbocycles. The Labute approximate surface area is 167 Å². The zero-order valence-electron chi connectivity index (χ0n) is 16.7. The van der Waals surface area contributed by atoms with Crippen LogP contribution in [0.1, 0.15) is 59.3 Å². The van der Waals surface area contributed by atoms with Crippen molar-refractivity contribution in [3.05, 3.63) is 0 Å². The first-order valence-corrected chi connectivity index (χ1v) is 9.66. The number of hydrogen-bond acceptors (Lipinski definition) is 5. The lowest BCUT2D eigenvalue weighted by atomic mass is 9.82. The Morgan fingerprint density at radius 2 is 1.38 bits per heavy atom. The van der Waals surface area contributed by atoms with E-state index in [2.05, 4.69) is 20.9 Å². The van der Waals surface area contributed by atoms with Crippen molar-refractivity contribution < 1.29 is 37.0 Å². The molecule has 2 aliphatic rings. The molecule has 3 amide bonds. The van der Waals surface area contributed by atoms with E-state index in [0.717, 1.165) is 0 Å². The summed E-state index contributed by atoms with van der Waals surface area (Å²) in [6.45, 7) is 5.32. The first-order chi connectivity index (χ1) is 13.3. The maximum Gasteiger partial charge on any atom is 0.522 e. The van der Waals surface area contributed by atoms with Gasteiger partial charge in [0, 0.05) is 17.9 Å². The highest BCUT2D eigenvalue weighted by molar-refractivity contribution is 5.85. The molecule has 166 valence electrons. The van der Waals surface area contributed by atoms with E-state index in [4.69, 9.17) is 4.74 Å². The van der Waals surface area contributed by atoms with Crippen LogP contribution in [0.5, 0.6) is 0 Å². The molecule has 0 radical (unpaired) electrons. The monoisotopic (exact) mass is 423 g/mol. The summed E-state index contributed by atoms with van der Waals surface area (Å²) in [5.41, 5.74) is 4.02. The number of nitrogens with one attached hydrogen (secondary N) is 3. The molecule has 0 atom stereocenters. The third-order valence-corrected chi connectivity index (χ3v) is 4.89. The fraction of sp³-hybridized carbons (Fsp3) is 0.833. The maximum absolute atomic E-state index is 12.2. The van der Waals surface area contributed by atoms with Gasteiger partial charge in [-0.2, -0.15) is 0 Å². The predicted octanol–water partition coefficient (Wildman–Crippen LogP) is 2.53. The molecule has 2 saturated carbocycles. The second-order valence-electron chi connectivity index (χ2n) is 8.53. The molecule has 29 heavy (non-hydrogen) atoms. The molecule has 0 aromatic carbocycles. The van der Waals surface area contributed by atoms with Gasteiger partial charge in [0.2, 0.25) is 11.8 Å². The van der Waals surface area contributed by atoms with Crippen molar-refractivity contribution in [3.8, 4) is 0 Å². The number of rotatable bonds is 4. The quantitative estimate of drug-likeness (QED) is 0.603. The topological polar surface area (TPSA) is 106 Å². The summed E-state index contributed by atoms with van der Waals surface area (Å²) in [7, 11) is 0. The molecule has 2 rings (SSSR count). The molecule has 0 bridgehead atoms. The van der Waals surface area contributed by atoms with Crippen LogP contribution in [-0.4, -0.2) is 42.0 Å². The van der Waals surface area contributed by atoms with Crippen LogP contribution in [0.2, 0.25) is 0 Å². The average Bonchev–Trinajstić information content (AvgIpc) is 2.53. The first kappa shape index (κ1) is 23.2. The second kappa shape index (κ2) is 9.19. The number of carbonyl (C=O) groups is 3. The van der Waals surface area contributed by atoms with Crippen LogP contribution in [0.3, 0.4) is 0 Å². The highest BCUT2D eigenvalue weighted by Gasteiger charge is 2.42. The normalized spacial score (nSPS) is 27.4. The number of halogens is 3. The Balaban J connectivity index is 1.62. The van der Waals surface area contributed by atoms with E-state index in [1.54, 1.807) is 20.8 Å². The largest absolute Gasteiger partial charge is 0.522 e. The first-order valence-electron chi connectivity index (χ1n) is 9.66. The number of alkyl halides is 3. The fourth-order valence-corrected chi connectivity index (χ4v) is 3.37. The Morgan fingerprint density at radius 1 is 0.862 bits per heavy atom. The third kappa shape index (κ3) is 8.08. The third-order valence-electron chi connectivity index (χ3n) is 4.89. The van der Waals surface area contributed by atoms with E-state index >= 15 is 0 Å². The molecular formula is C18H28F3N3O5. The molecule has 8 nitrogen and oxygen atoms in total. The van der Waals surface area contributed by atoms with E-state index in [9.17, 15) is 27.6 Å². The minimum Gasteiger partial charge on any atom is -0.444 e. The van der Waals surface area contributed by atoms with E-state index in [1.165, 1.54) is 0 Å². The van der Waals surface area contributed by atoms with Crippen LogP contribution in [-0.2, 0) is 19.1 Å². The van der Waals surface area contributed by atoms with Crippen LogP contribution in [0.4, 0.5) is 18.0 Å². The van der Waals surface area contributed by atoms with Gasteiger partial charge >= 0.3 is 12.5 Å². The van der Waals surface area contributed by atoms with Gasteiger partial charge in [-0.25, -0.2) is 4.79 Å². The summed E-state index contributed by atoms with van der Waals surface area (Å²) in [5.74, 6) is -1.80. The van der Waals surface area contributed by atoms with Crippen molar-refractivity contribution in [1.82, 2.24) is 16.2 Å². The minimum absolute atomic E-state index is 0.0390. The smallest absolute Gasteiger partial charge is 0.444 e. The van der Waals surface area contributed by atoms with E-state index in [1.807, 2.05) is 0 Å². The van der Waals surface area contributed by atoms with E-state index in [0.29, 0.717) is 25.7 Å². The van der Waals surface area contributed by atoms with E-state index in [-0.39, 0.29) is 30.7 Å². The molecule has 2 fully saturated rings. The summed E-state index contributed by atoms with van der Waals surface area (Å²) in [6.07, 6.45) is -4.03. The number of alkyl carbamates (subject to hydrolysis) is 1. The van der Waals surface area contributed by atoms with Gasteiger partial charge in [-0.05, 0) is 59.3 Å². The molecule has 0 aromatic heterocycles. The van der Waals surface area contributed by atoms with E-state index < -0.39 is 36.0 Å². The van der Waals surface area contributed by atoms with Crippen molar-refractivity contribution in [2.75, 3.05) is 0 Å². The molecule has 0 spiro atoms. The van der Waals surface area contributed by atoms with Crippen molar-refractivity contribution in [3.63, 3.8) is 0 Å². The van der Waals surface area contributed by atoms with Gasteiger partial charge in [-0.3, -0.25) is 25.2 Å². The van der Waals surface area contributed by atoms with Crippen LogP contribution in [0.15, 0.2) is 0 Å². The van der Waals surface area contributed by atoms with Crippen molar-refractivity contribution in [2.24, 2.45) is 11.8 Å². The molecule has 0 aliphatic heterocycles. The zero-order chi connectivity index (χ0) is 21.8. The average molecular weight is 423 g/mol. The highest BCUT2D eigenvalue weighted by Crippen LogP contribution is 2.34. The second-order valence-corrected chi connectivity index (χ2v) is 8.53. The van der Waals surface area contributed by atoms with Crippen molar-refractivity contribution in [2.45, 2.75) is 83.4 Å². The molecule has 3 N–H and O–H groups in total. The number of carbonyl (C=O) groups excluding carboxylic acids is 3. The predicted molar refractivity (Wildman–Crippen MR) is 95.1 cm³/mol. The number of amides is 3. The lowest BCUT2D eigenvalue weighted by Gasteiger charge is -2.34.